The number of urea groups is 1. The number of hydrogen-bond acceptors (Lipinski definition) is 5. The third-order valence-electron chi connectivity index (χ3n) is 6.63. The molecule has 0 unspecified atom stereocenters. The summed E-state index contributed by atoms with van der Waals surface area (Å²) in [6.45, 7) is 7.26. The predicted octanol–water partition coefficient (Wildman–Crippen LogP) is 3.54. The van der Waals surface area contributed by atoms with Crippen LogP contribution in [0.5, 0.6) is 0 Å². The van der Waals surface area contributed by atoms with Crippen molar-refractivity contribution in [2.75, 3.05) is 13.2 Å². The number of aliphatic hydroxyl groups excluding tert-OH is 1. The molecule has 1 saturated heterocycles. The van der Waals surface area contributed by atoms with Gasteiger partial charge in [0.1, 0.15) is 5.54 Å². The Labute approximate surface area is 171 Å². The van der Waals surface area contributed by atoms with Gasteiger partial charge in [0.15, 0.2) is 0 Å². The number of rotatable bonds is 8. The second-order valence-electron chi connectivity index (χ2n) is 8.79. The van der Waals surface area contributed by atoms with E-state index in [9.17, 15) is 14.7 Å². The van der Waals surface area contributed by atoms with Gasteiger partial charge in [0.05, 0.1) is 25.9 Å². The maximum absolute atomic E-state index is 13.0. The van der Waals surface area contributed by atoms with Crippen LogP contribution < -0.4 is 5.32 Å². The second-order valence-corrected chi connectivity index (χ2v) is 9.82. The van der Waals surface area contributed by atoms with Crippen molar-refractivity contribution in [2.45, 2.75) is 71.1 Å². The molecule has 2 fully saturated rings. The van der Waals surface area contributed by atoms with Gasteiger partial charge in [-0.05, 0) is 48.5 Å². The topological polar surface area (TPSA) is 78.9 Å². The summed E-state index contributed by atoms with van der Waals surface area (Å²) in [6, 6.07) is 3.52. The minimum Gasteiger partial charge on any atom is -0.389 e. The van der Waals surface area contributed by atoms with Gasteiger partial charge in [-0.3, -0.25) is 9.69 Å². The van der Waals surface area contributed by atoms with Gasteiger partial charge < -0.3 is 15.2 Å². The van der Waals surface area contributed by atoms with Crippen molar-refractivity contribution < 1.29 is 19.4 Å². The van der Waals surface area contributed by atoms with E-state index in [4.69, 9.17) is 4.74 Å². The van der Waals surface area contributed by atoms with E-state index in [1.165, 1.54) is 4.90 Å². The second kappa shape index (κ2) is 8.51. The number of amides is 3. The minimum atomic E-state index is -0.889. The molecule has 2 heterocycles. The fourth-order valence-electron chi connectivity index (χ4n) is 4.32. The zero-order valence-corrected chi connectivity index (χ0v) is 17.9. The van der Waals surface area contributed by atoms with Crippen molar-refractivity contribution in [3.63, 3.8) is 0 Å². The normalized spacial score (nSPS) is 26.7. The van der Waals surface area contributed by atoms with Crippen molar-refractivity contribution in [1.82, 2.24) is 10.2 Å². The highest BCUT2D eigenvalue weighted by atomic mass is 32.1. The summed E-state index contributed by atoms with van der Waals surface area (Å²) in [7, 11) is 0. The van der Waals surface area contributed by atoms with E-state index in [1.807, 2.05) is 17.5 Å². The summed E-state index contributed by atoms with van der Waals surface area (Å²) < 4.78 is 5.51. The highest BCUT2D eigenvalue weighted by Gasteiger charge is 2.53. The van der Waals surface area contributed by atoms with E-state index in [2.05, 4.69) is 26.1 Å². The smallest absolute Gasteiger partial charge is 0.325 e. The lowest BCUT2D eigenvalue weighted by atomic mass is 9.65. The molecule has 3 amide bonds. The van der Waals surface area contributed by atoms with Crippen molar-refractivity contribution >= 4 is 23.3 Å². The zero-order chi connectivity index (χ0) is 20.4. The Morgan fingerprint density at radius 1 is 1.39 bits per heavy atom. The number of carbonyl (C=O) groups excluding carboxylic acids is 2. The van der Waals surface area contributed by atoms with E-state index in [0.717, 1.165) is 24.1 Å². The highest BCUT2D eigenvalue weighted by molar-refractivity contribution is 7.09. The highest BCUT2D eigenvalue weighted by Crippen LogP contribution is 2.45. The Hall–Kier alpha value is -1.44. The number of nitrogens with zero attached hydrogens (tertiary/aromatic N) is 1. The molecule has 1 aromatic heterocycles. The quantitative estimate of drug-likeness (QED) is 0.645. The standard InChI is InChI=1S/C21H32N2O4S/c1-4-20(2,3)15-7-9-21(10-8-15)18(25)23(19(26)22-21)12-16(24)13-27-14-17-6-5-11-28-17/h5-6,11,15-16,24H,4,7-10,12-14H2,1-3H3,(H,22,26)/t15?,16-,21?/m0/s1. The van der Waals surface area contributed by atoms with E-state index in [-0.39, 0.29) is 24.5 Å². The lowest BCUT2D eigenvalue weighted by Crippen LogP contribution is -2.51. The van der Waals surface area contributed by atoms with E-state index >= 15 is 0 Å². The van der Waals surface area contributed by atoms with Gasteiger partial charge in [-0.2, -0.15) is 0 Å². The summed E-state index contributed by atoms with van der Waals surface area (Å²) in [6.07, 6.45) is 3.44. The molecule has 1 aromatic rings. The number of imide groups is 1. The van der Waals surface area contributed by atoms with Crippen molar-refractivity contribution in [3.05, 3.63) is 22.4 Å². The van der Waals surface area contributed by atoms with Crippen molar-refractivity contribution in [1.29, 1.82) is 0 Å². The molecule has 2 N–H and O–H groups in total. The molecule has 1 aliphatic heterocycles. The van der Waals surface area contributed by atoms with Crippen LogP contribution in [0.1, 0.15) is 57.8 Å². The zero-order valence-electron chi connectivity index (χ0n) is 17.1. The molecule has 0 radical (unpaired) electrons. The number of thiophene rings is 1. The first-order chi connectivity index (χ1) is 13.3. The lowest BCUT2D eigenvalue weighted by molar-refractivity contribution is -0.134. The van der Waals surface area contributed by atoms with Gasteiger partial charge in [0.2, 0.25) is 0 Å². The number of ether oxygens (including phenoxy) is 1. The maximum Gasteiger partial charge on any atom is 0.325 e. The summed E-state index contributed by atoms with van der Waals surface area (Å²) in [5, 5.41) is 15.1. The molecule has 1 atom stereocenters. The molecule has 1 saturated carbocycles. The summed E-state index contributed by atoms with van der Waals surface area (Å²) in [5.74, 6) is 0.376. The number of carbonyl (C=O) groups is 2. The van der Waals surface area contributed by atoms with Crippen LogP contribution in [0, 0.1) is 11.3 Å². The van der Waals surface area contributed by atoms with Crippen molar-refractivity contribution in [2.24, 2.45) is 11.3 Å². The molecule has 6 nitrogen and oxygen atoms in total. The molecule has 1 aliphatic carbocycles. The van der Waals surface area contributed by atoms with Crippen LogP contribution >= 0.6 is 11.3 Å². The summed E-state index contributed by atoms with van der Waals surface area (Å²) in [5.41, 5.74) is -0.530. The van der Waals surface area contributed by atoms with Gasteiger partial charge in [0.25, 0.3) is 5.91 Å². The Kier molecular flexibility index (Phi) is 6.47. The SMILES string of the molecule is CCC(C)(C)C1CCC2(CC1)NC(=O)N(C[C@H](O)COCc1cccs1)C2=O. The average Bonchev–Trinajstić information content (AvgIpc) is 3.25. The van der Waals surface area contributed by atoms with Crippen LogP contribution in [-0.2, 0) is 16.1 Å². The Bertz CT molecular complexity index is 681. The molecule has 1 spiro atoms. The van der Waals surface area contributed by atoms with E-state index in [0.29, 0.717) is 25.4 Å². The van der Waals surface area contributed by atoms with Crippen LogP contribution in [0.4, 0.5) is 4.79 Å². The first-order valence-corrected chi connectivity index (χ1v) is 11.1. The van der Waals surface area contributed by atoms with Gasteiger partial charge in [-0.1, -0.05) is 33.3 Å². The maximum atomic E-state index is 13.0. The Morgan fingerprint density at radius 3 is 2.71 bits per heavy atom. The molecule has 28 heavy (non-hydrogen) atoms. The number of aliphatic hydroxyl groups is 1. The van der Waals surface area contributed by atoms with Crippen LogP contribution in [0.15, 0.2) is 17.5 Å². The van der Waals surface area contributed by atoms with Crippen LogP contribution in [0.2, 0.25) is 0 Å². The average molecular weight is 409 g/mol. The van der Waals surface area contributed by atoms with Crippen LogP contribution in [0.25, 0.3) is 0 Å². The number of hydrogen-bond donors (Lipinski definition) is 2. The molecule has 156 valence electrons. The molecule has 2 aliphatic rings. The summed E-state index contributed by atoms with van der Waals surface area (Å²) in [4.78, 5) is 27.7. The van der Waals surface area contributed by atoms with E-state index < -0.39 is 17.7 Å². The largest absolute Gasteiger partial charge is 0.389 e. The molecular formula is C21H32N2O4S. The first kappa shape index (κ1) is 21.3. The predicted molar refractivity (Wildman–Crippen MR) is 109 cm³/mol. The first-order valence-electron chi connectivity index (χ1n) is 10.2. The fraction of sp³-hybridized carbons (Fsp3) is 0.714. The third kappa shape index (κ3) is 4.42. The van der Waals surface area contributed by atoms with Crippen LogP contribution in [-0.4, -0.2) is 46.7 Å². The lowest BCUT2D eigenvalue weighted by Gasteiger charge is -2.42. The third-order valence-corrected chi connectivity index (χ3v) is 7.48. The van der Waals surface area contributed by atoms with Gasteiger partial charge in [-0.15, -0.1) is 11.3 Å². The number of β-amino-alcohol motifs (C(OH)–C–C–N with tert-alkyl or cyclic N) is 1. The van der Waals surface area contributed by atoms with Crippen molar-refractivity contribution in [3.8, 4) is 0 Å². The minimum absolute atomic E-state index is 0.0270. The molecule has 7 heteroatoms. The molecule has 3 rings (SSSR count). The van der Waals surface area contributed by atoms with E-state index in [1.54, 1.807) is 11.3 Å². The molecular weight excluding hydrogens is 376 g/mol. The molecule has 0 bridgehead atoms. The van der Waals surface area contributed by atoms with Gasteiger partial charge in [-0.25, -0.2) is 4.79 Å². The van der Waals surface area contributed by atoms with Gasteiger partial charge in [0, 0.05) is 4.88 Å². The number of nitrogens with one attached hydrogen (secondary N) is 1. The Morgan fingerprint density at radius 2 is 2.11 bits per heavy atom. The fourth-order valence-corrected chi connectivity index (χ4v) is 4.96. The van der Waals surface area contributed by atoms with Crippen LogP contribution in [0.3, 0.4) is 0 Å². The monoisotopic (exact) mass is 408 g/mol. The summed E-state index contributed by atoms with van der Waals surface area (Å²) >= 11 is 1.59. The molecule has 0 aromatic carbocycles. The van der Waals surface area contributed by atoms with Gasteiger partial charge >= 0.3 is 6.03 Å². The Balaban J connectivity index is 1.52.